The Labute approximate surface area is 710 Å². The summed E-state index contributed by atoms with van der Waals surface area (Å²) in [5, 5.41) is 149. The van der Waals surface area contributed by atoms with Gasteiger partial charge in [0.05, 0.1) is 46.8 Å². The van der Waals surface area contributed by atoms with E-state index < -0.39 is 280 Å². The number of hydrogen-bond acceptors (Lipinski definition) is 28. The number of aliphatic hydroxyl groups is 8. The Morgan fingerprint density at radius 3 is 1.95 bits per heavy atom. The van der Waals surface area contributed by atoms with E-state index in [2.05, 4.69) is 21.3 Å². The van der Waals surface area contributed by atoms with Crippen LogP contribution in [0.5, 0.6) is 46.0 Å². The van der Waals surface area contributed by atoms with Crippen molar-refractivity contribution >= 4 is 70.3 Å². The number of phenols is 3. The van der Waals surface area contributed by atoms with Crippen molar-refractivity contribution in [2.45, 2.75) is 233 Å². The molecule has 0 aromatic heterocycles. The number of carbonyl (C=O) groups excluding carboxylic acids is 7. The number of halogens is 2. The standard InChI is InChI=1S/C85H98Cl2N6O28.CH4/c1-6-36(20-34(2)3)78(108)92-66-53(98)25-43(28-61(88)100)79(109)90-64-42-26-58(115-55-17-14-40(68(66)101)23-49(55)86)75(120-84-73(106)71(104)76(60(33-94)118-84)121-83-72(105)70(103)69(102)57(117-83)19-13-38-21-45(38)37-10-8-7-9-11-37)59(27-42)116-56-18-15-41(24-50(56)87)74(119-62-32-85(5,89)77(107)35(4)114-62)67-81(111)91-65(82(112)113)48-29-44(95)30-52(97)63(48)47-22-39(12-16-51(47)96)46(31-54(64)99)80(110)93-67;/h7-12,14-18,22-24,26-27,29-30,34-36,38,43,45-46,57,60,62,64-74,76-77,83-84,94-97,101-107H,6,13,19-21,25,28,31-33,89H2,1-5H3,(H2,88,100)(H,90,109)(H,91,111)(H,92,108)(H,93,110)(H,112,113);1H4/t35-,36+,38+,43-,45-,46+,57+,60+,62?,64+,65+,66-,67-,68+,69-,70-,71+,72+,73+,74+,76+,77-,83-,84-,85-;/m0./s1. The maximum atomic E-state index is 16.6. The summed E-state index contributed by atoms with van der Waals surface area (Å²) >= 11 is 14.5. The van der Waals surface area contributed by atoms with Gasteiger partial charge in [-0.05, 0) is 146 Å². The number of aliphatic carboxylic acids is 1. The molecule has 11 bridgehead atoms. The first-order valence-electron chi connectivity index (χ1n) is 39.9. The Kier molecular flexibility index (Phi) is 28.3. The number of carboxylic acids is 1. The van der Waals surface area contributed by atoms with Gasteiger partial charge in [-0.2, -0.15) is 0 Å². The van der Waals surface area contributed by atoms with Crippen molar-refractivity contribution in [1.29, 1.82) is 0 Å². The third-order valence-electron chi connectivity index (χ3n) is 23.5. The predicted molar refractivity (Wildman–Crippen MR) is 432 cm³/mol. The number of carboxylic acid groups (broad SMARTS) is 1. The number of aliphatic hydroxyl groups excluding tert-OH is 8. The number of primary amides is 1. The number of ether oxygens (including phenoxy) is 8. The molecule has 9 aliphatic rings. The number of fused-ring (bicyclic) bond motifs is 15. The molecule has 658 valence electrons. The zero-order chi connectivity index (χ0) is 87.2. The molecule has 1 aliphatic carbocycles. The molecule has 20 N–H and O–H groups in total. The SMILES string of the molecule is C.CC[C@H](CC(C)C)C(=O)N[C@H]1C(=O)C[C@@H](CC(N)=O)C(=O)N[C@H]2C(=O)C[C@H]3C(=O)N[C@H](C(=O)N[C@@H](C(=O)O)c4cc(O)cc(O)c4-c4cc3ccc4O)[C@H](OC3C[C@](C)(N)[C@@H](O)[C@H](C)O3)c3ccc(c(Cl)c3)Oc3cc2cc(c3O[C@@H]2O[C@H](CO)[C@@H](O[C@@H]3O[C@H](CC[C@@H]4C[C@H]4c4ccccc4)[C@H](O)[C@H](O)[C@H]3O)[C@H](O)[C@H]2O)Oc2ccc(cc2Cl)[C@H]1O. The molecule has 0 spiro atoms. The van der Waals surface area contributed by atoms with Gasteiger partial charge in [0, 0.05) is 59.9 Å². The fourth-order valence-electron chi connectivity index (χ4n) is 16.9. The molecule has 8 aliphatic heterocycles. The summed E-state index contributed by atoms with van der Waals surface area (Å²) in [4.78, 5) is 121. The van der Waals surface area contributed by atoms with Gasteiger partial charge < -0.3 is 132 Å². The number of ketones is 2. The van der Waals surface area contributed by atoms with Crippen LogP contribution in [0, 0.1) is 23.7 Å². The third-order valence-corrected chi connectivity index (χ3v) is 24.1. The van der Waals surface area contributed by atoms with Crippen LogP contribution in [0.25, 0.3) is 11.1 Å². The summed E-state index contributed by atoms with van der Waals surface area (Å²) in [5.74, 6) is -19.1. The second-order valence-corrected chi connectivity index (χ2v) is 33.6. The van der Waals surface area contributed by atoms with Crippen LogP contribution in [0.15, 0.2) is 109 Å². The predicted octanol–water partition coefficient (Wildman–Crippen LogP) is 5.57. The van der Waals surface area contributed by atoms with E-state index in [0.717, 1.165) is 54.4 Å². The van der Waals surface area contributed by atoms with Crippen LogP contribution < -0.4 is 46.9 Å². The first-order chi connectivity index (χ1) is 57.4. The molecule has 34 nitrogen and oxygen atoms in total. The number of rotatable bonds is 19. The minimum Gasteiger partial charge on any atom is -0.508 e. The van der Waals surface area contributed by atoms with E-state index >= 15 is 24.0 Å². The molecule has 25 atom stereocenters. The number of nitrogens with two attached hydrogens (primary N) is 2. The summed E-state index contributed by atoms with van der Waals surface area (Å²) in [5.41, 5.74) is 9.71. The number of hydrogen-bond donors (Lipinski definition) is 18. The molecule has 36 heteroatoms. The number of phenolic OH excluding ortho intramolecular Hbond substituents is 3. The van der Waals surface area contributed by atoms with Gasteiger partial charge in [-0.15, -0.1) is 0 Å². The first-order valence-corrected chi connectivity index (χ1v) is 40.6. The van der Waals surface area contributed by atoms with Crippen LogP contribution in [0.3, 0.4) is 0 Å². The Morgan fingerprint density at radius 2 is 1.32 bits per heavy atom. The molecular formula is C86H102Cl2N6O28. The van der Waals surface area contributed by atoms with Crippen molar-refractivity contribution in [2.75, 3.05) is 6.61 Å². The summed E-state index contributed by atoms with van der Waals surface area (Å²) in [6, 6.07) is 15.4. The van der Waals surface area contributed by atoms with Gasteiger partial charge in [0.25, 0.3) is 0 Å². The van der Waals surface area contributed by atoms with Crippen LogP contribution in [0.2, 0.25) is 10.0 Å². The van der Waals surface area contributed by atoms with Crippen molar-refractivity contribution < 1.29 is 138 Å². The number of nitrogens with one attached hydrogen (secondary N) is 4. The Hall–Kier alpha value is -9.70. The minimum atomic E-state index is -2.31. The highest BCUT2D eigenvalue weighted by molar-refractivity contribution is 6.32. The lowest BCUT2D eigenvalue weighted by molar-refractivity contribution is -0.351. The molecule has 1 saturated carbocycles. The Morgan fingerprint density at radius 1 is 0.672 bits per heavy atom. The fourth-order valence-corrected chi connectivity index (χ4v) is 17.3. The molecule has 1 unspecified atom stereocenters. The zero-order valence-electron chi connectivity index (χ0n) is 66.2. The lowest BCUT2D eigenvalue weighted by atomic mass is 9.84. The topological polar surface area (TPSA) is 553 Å². The minimum absolute atomic E-state index is 0. The van der Waals surface area contributed by atoms with Crippen LogP contribution >= 0.6 is 23.2 Å². The Bertz CT molecular complexity index is 4910. The van der Waals surface area contributed by atoms with E-state index in [0.29, 0.717) is 12.8 Å². The van der Waals surface area contributed by atoms with Crippen molar-refractivity contribution in [3.05, 3.63) is 153 Å². The number of amides is 5. The molecule has 122 heavy (non-hydrogen) atoms. The van der Waals surface area contributed by atoms with Gasteiger partial charge in [0.2, 0.25) is 41.6 Å². The van der Waals surface area contributed by atoms with E-state index in [1.165, 1.54) is 50.2 Å². The maximum absolute atomic E-state index is 16.6. The summed E-state index contributed by atoms with van der Waals surface area (Å²) in [7, 11) is 0. The highest BCUT2D eigenvalue weighted by Gasteiger charge is 2.54. The van der Waals surface area contributed by atoms with Crippen LogP contribution in [0.4, 0.5) is 0 Å². The normalized spacial score (nSPS) is 31.9. The molecule has 15 rings (SSSR count). The van der Waals surface area contributed by atoms with Crippen LogP contribution in [-0.4, -0.2) is 212 Å². The molecule has 6 aromatic rings. The largest absolute Gasteiger partial charge is 0.508 e. The van der Waals surface area contributed by atoms with E-state index in [4.69, 9.17) is 72.6 Å². The monoisotopic (exact) mass is 1740 g/mol. The van der Waals surface area contributed by atoms with Crippen LogP contribution in [-0.2, 0) is 62.0 Å². The second kappa shape index (κ2) is 37.8. The van der Waals surface area contributed by atoms with Gasteiger partial charge >= 0.3 is 5.97 Å². The molecule has 5 amide bonds. The zero-order valence-corrected chi connectivity index (χ0v) is 67.7. The number of carbonyl (C=O) groups is 8. The first kappa shape index (κ1) is 91.5. The molecule has 8 heterocycles. The van der Waals surface area contributed by atoms with Crippen molar-refractivity contribution in [2.24, 2.45) is 35.1 Å². The van der Waals surface area contributed by atoms with Crippen molar-refractivity contribution in [1.82, 2.24) is 21.3 Å². The van der Waals surface area contributed by atoms with E-state index in [1.807, 2.05) is 44.2 Å². The van der Waals surface area contributed by atoms with Gasteiger partial charge in [0.1, 0.15) is 102 Å². The number of Topliss-reactive ketones (excluding diaryl/α,β-unsaturated/α-hetero) is 2. The summed E-state index contributed by atoms with van der Waals surface area (Å²) in [6.45, 7) is 7.36. The number of benzene rings is 6. The average Bonchev–Trinajstić information content (AvgIpc) is 0.870. The van der Waals surface area contributed by atoms with Gasteiger partial charge in [-0.1, -0.05) is 99.9 Å². The molecule has 4 fully saturated rings. The lowest BCUT2D eigenvalue weighted by Gasteiger charge is -2.46. The fraction of sp³-hybridized carbons (Fsp3) is 0.488. The van der Waals surface area contributed by atoms with Crippen molar-refractivity contribution in [3.63, 3.8) is 0 Å². The molecule has 3 saturated heterocycles. The second-order valence-electron chi connectivity index (χ2n) is 32.8. The maximum Gasteiger partial charge on any atom is 0.330 e. The summed E-state index contributed by atoms with van der Waals surface area (Å²) < 4.78 is 51.5. The number of aromatic hydroxyl groups is 3. The third kappa shape index (κ3) is 19.6. The smallest absolute Gasteiger partial charge is 0.330 e. The van der Waals surface area contributed by atoms with Gasteiger partial charge in [-0.25, -0.2) is 4.79 Å². The lowest BCUT2D eigenvalue weighted by Crippen LogP contribution is -2.64. The summed E-state index contributed by atoms with van der Waals surface area (Å²) in [6.07, 6.45) is -28.0. The molecular weight excluding hydrogens is 1640 g/mol. The Balaban J connectivity index is 0.0000136. The van der Waals surface area contributed by atoms with E-state index in [1.54, 1.807) is 6.92 Å². The van der Waals surface area contributed by atoms with Gasteiger partial charge in [-0.3, -0.25) is 33.6 Å². The average molecular weight is 1740 g/mol. The quantitative estimate of drug-likeness (QED) is 0.0471. The molecule has 0 radical (unpaired) electrons. The highest BCUT2D eigenvalue weighted by atomic mass is 35.5. The van der Waals surface area contributed by atoms with E-state index in [9.17, 15) is 75.7 Å². The van der Waals surface area contributed by atoms with Crippen molar-refractivity contribution in [3.8, 4) is 57.1 Å². The molecule has 6 aromatic carbocycles. The highest BCUT2D eigenvalue weighted by Crippen LogP contribution is 2.53. The van der Waals surface area contributed by atoms with Gasteiger partial charge in [0.15, 0.2) is 41.7 Å². The van der Waals surface area contributed by atoms with E-state index in [-0.39, 0.29) is 71.9 Å². The van der Waals surface area contributed by atoms with Crippen LogP contribution in [0.1, 0.15) is 169 Å².